The number of nitro groups is 1. The van der Waals surface area contributed by atoms with E-state index in [4.69, 9.17) is 11.6 Å². The molecule has 0 aliphatic heterocycles. The van der Waals surface area contributed by atoms with Gasteiger partial charge < -0.3 is 15.2 Å². The molecule has 0 aliphatic rings. The Kier molecular flexibility index (Phi) is 6.90. The summed E-state index contributed by atoms with van der Waals surface area (Å²) in [6.45, 7) is -0.608. The number of nitrogens with zero attached hydrogens (tertiary/aromatic N) is 1. The molecule has 0 fully saturated rings. The van der Waals surface area contributed by atoms with Crippen molar-refractivity contribution < 1.29 is 50.3 Å². The first-order valence-electron chi connectivity index (χ1n) is 8.11. The molecule has 1 atom stereocenters. The normalized spacial score (nSPS) is 13.4. The van der Waals surface area contributed by atoms with Crippen molar-refractivity contribution in [2.24, 2.45) is 0 Å². The minimum absolute atomic E-state index is 0.219. The standard InChI is InChI=1S/C17H10ClF7N2O5/c1-16(29,5-32-14-12(21)10(19)9(18)11(20)13(14)22)15(28)26-6-2-3-8(27(30)31)7(4-6)17(23,24)25/h2-4,29H,5H2,1H3,(H,26,28)/t16-/m0/s1. The number of halogens is 8. The second-order valence-electron chi connectivity index (χ2n) is 6.40. The van der Waals surface area contributed by atoms with Gasteiger partial charge in [-0.05, 0) is 19.1 Å². The molecule has 0 bridgehead atoms. The summed E-state index contributed by atoms with van der Waals surface area (Å²) in [6.07, 6.45) is -5.16. The number of hydrogen-bond acceptors (Lipinski definition) is 5. The smallest absolute Gasteiger partial charge is 0.423 e. The molecule has 2 rings (SSSR count). The fraction of sp³-hybridized carbons (Fsp3) is 0.235. The lowest BCUT2D eigenvalue weighted by molar-refractivity contribution is -0.388. The number of alkyl halides is 3. The predicted molar refractivity (Wildman–Crippen MR) is 94.1 cm³/mol. The molecule has 0 heterocycles. The van der Waals surface area contributed by atoms with Crippen molar-refractivity contribution >= 4 is 28.9 Å². The Hall–Kier alpha value is -3.13. The van der Waals surface area contributed by atoms with Crippen molar-refractivity contribution in [3.63, 3.8) is 0 Å². The fourth-order valence-corrected chi connectivity index (χ4v) is 2.42. The summed E-state index contributed by atoms with van der Waals surface area (Å²) in [5.41, 5.74) is -6.34. The zero-order valence-electron chi connectivity index (χ0n) is 15.5. The highest BCUT2D eigenvalue weighted by Crippen LogP contribution is 2.38. The molecule has 1 amide bonds. The van der Waals surface area contributed by atoms with Gasteiger partial charge in [0.15, 0.2) is 23.0 Å². The second kappa shape index (κ2) is 8.78. The topological polar surface area (TPSA) is 102 Å². The third kappa shape index (κ3) is 5.02. The average Bonchev–Trinajstić information content (AvgIpc) is 2.69. The monoisotopic (exact) mass is 490 g/mol. The highest BCUT2D eigenvalue weighted by molar-refractivity contribution is 6.30. The van der Waals surface area contributed by atoms with E-state index in [9.17, 15) is 50.7 Å². The molecular weight excluding hydrogens is 481 g/mol. The van der Waals surface area contributed by atoms with Crippen LogP contribution in [0.25, 0.3) is 0 Å². The van der Waals surface area contributed by atoms with Crippen LogP contribution in [-0.2, 0) is 11.0 Å². The van der Waals surface area contributed by atoms with Gasteiger partial charge in [-0.2, -0.15) is 22.0 Å². The maximum atomic E-state index is 13.8. The van der Waals surface area contributed by atoms with Crippen LogP contribution in [0.15, 0.2) is 18.2 Å². The second-order valence-corrected chi connectivity index (χ2v) is 6.78. The van der Waals surface area contributed by atoms with Crippen LogP contribution in [-0.4, -0.2) is 28.1 Å². The lowest BCUT2D eigenvalue weighted by Crippen LogP contribution is -2.45. The zero-order valence-corrected chi connectivity index (χ0v) is 16.2. The lowest BCUT2D eigenvalue weighted by atomic mass is 10.1. The number of carbonyl (C=O) groups is 1. The molecule has 0 saturated heterocycles. The molecule has 32 heavy (non-hydrogen) atoms. The Morgan fingerprint density at radius 2 is 1.69 bits per heavy atom. The van der Waals surface area contributed by atoms with Crippen molar-refractivity contribution in [2.45, 2.75) is 18.7 Å². The number of ether oxygens (including phenoxy) is 1. The van der Waals surface area contributed by atoms with Crippen LogP contribution in [0.5, 0.6) is 5.75 Å². The van der Waals surface area contributed by atoms with E-state index in [1.54, 1.807) is 0 Å². The molecule has 174 valence electrons. The van der Waals surface area contributed by atoms with Crippen LogP contribution in [0.2, 0.25) is 5.02 Å². The van der Waals surface area contributed by atoms with Crippen LogP contribution in [0.1, 0.15) is 12.5 Å². The minimum Gasteiger partial charge on any atom is -0.484 e. The van der Waals surface area contributed by atoms with E-state index < -0.39 is 80.2 Å². The first-order valence-corrected chi connectivity index (χ1v) is 8.49. The van der Waals surface area contributed by atoms with E-state index in [-0.39, 0.29) is 6.07 Å². The van der Waals surface area contributed by atoms with Crippen molar-refractivity contribution in [1.29, 1.82) is 0 Å². The number of rotatable bonds is 6. The van der Waals surface area contributed by atoms with Gasteiger partial charge in [-0.25, -0.2) is 8.78 Å². The minimum atomic E-state index is -5.16. The van der Waals surface area contributed by atoms with Crippen molar-refractivity contribution in [2.75, 3.05) is 11.9 Å². The molecule has 2 aromatic carbocycles. The van der Waals surface area contributed by atoms with Gasteiger partial charge in [0, 0.05) is 11.8 Å². The third-order valence-electron chi connectivity index (χ3n) is 3.91. The molecule has 15 heteroatoms. The van der Waals surface area contributed by atoms with Crippen LogP contribution in [0, 0.1) is 33.4 Å². The Labute approximate surface area is 178 Å². The number of carbonyl (C=O) groups excluding carboxylic acids is 1. The van der Waals surface area contributed by atoms with E-state index in [1.165, 1.54) is 0 Å². The maximum absolute atomic E-state index is 13.8. The Balaban J connectivity index is 2.25. The van der Waals surface area contributed by atoms with Gasteiger partial charge in [0.2, 0.25) is 11.6 Å². The Bertz CT molecular complexity index is 1060. The molecule has 0 spiro atoms. The van der Waals surface area contributed by atoms with Gasteiger partial charge in [0.05, 0.1) is 4.92 Å². The number of nitro benzene ring substituents is 1. The van der Waals surface area contributed by atoms with Gasteiger partial charge in [-0.3, -0.25) is 14.9 Å². The van der Waals surface area contributed by atoms with Crippen molar-refractivity contribution in [3.05, 3.63) is 62.2 Å². The summed E-state index contributed by atoms with van der Waals surface area (Å²) in [7, 11) is 0. The number of nitrogens with one attached hydrogen (secondary N) is 1. The fourth-order valence-electron chi connectivity index (χ4n) is 2.26. The van der Waals surface area contributed by atoms with Gasteiger partial charge >= 0.3 is 6.18 Å². The third-order valence-corrected chi connectivity index (χ3v) is 4.24. The molecule has 0 aromatic heterocycles. The van der Waals surface area contributed by atoms with Gasteiger partial charge in [0.1, 0.15) is 17.2 Å². The number of benzene rings is 2. The van der Waals surface area contributed by atoms with E-state index in [0.717, 1.165) is 6.07 Å². The van der Waals surface area contributed by atoms with Crippen molar-refractivity contribution in [3.8, 4) is 5.75 Å². The Morgan fingerprint density at radius 3 is 2.16 bits per heavy atom. The number of aliphatic hydroxyl groups is 1. The summed E-state index contributed by atoms with van der Waals surface area (Å²) in [5, 5.41) is 21.2. The maximum Gasteiger partial charge on any atom is 0.423 e. The Morgan fingerprint density at radius 1 is 1.16 bits per heavy atom. The molecule has 7 nitrogen and oxygen atoms in total. The highest BCUT2D eigenvalue weighted by Gasteiger charge is 2.39. The van der Waals surface area contributed by atoms with Gasteiger partial charge in [-0.15, -0.1) is 0 Å². The van der Waals surface area contributed by atoms with E-state index >= 15 is 0 Å². The van der Waals surface area contributed by atoms with Gasteiger partial charge in [0.25, 0.3) is 11.6 Å². The quantitative estimate of drug-likeness (QED) is 0.203. The van der Waals surface area contributed by atoms with E-state index in [1.807, 2.05) is 5.32 Å². The molecule has 2 N–H and O–H groups in total. The predicted octanol–water partition coefficient (Wildman–Crippen LogP) is 4.59. The first-order chi connectivity index (χ1) is 14.6. The molecule has 0 saturated carbocycles. The van der Waals surface area contributed by atoms with Crippen LogP contribution >= 0.6 is 11.6 Å². The largest absolute Gasteiger partial charge is 0.484 e. The summed E-state index contributed by atoms with van der Waals surface area (Å²) in [4.78, 5) is 21.6. The number of hydrogen-bond donors (Lipinski definition) is 2. The summed E-state index contributed by atoms with van der Waals surface area (Å²) < 4.78 is 97.9. The zero-order chi connectivity index (χ0) is 24.6. The molecule has 2 aromatic rings. The first kappa shape index (κ1) is 25.1. The van der Waals surface area contributed by atoms with Gasteiger partial charge in [-0.1, -0.05) is 11.6 Å². The van der Waals surface area contributed by atoms with E-state index in [2.05, 4.69) is 4.74 Å². The lowest BCUT2D eigenvalue weighted by Gasteiger charge is -2.23. The highest BCUT2D eigenvalue weighted by atomic mass is 35.5. The number of anilines is 1. The molecule has 0 aliphatic carbocycles. The SMILES string of the molecule is C[C@](O)(COc1c(F)c(F)c(Cl)c(F)c1F)C(=O)Nc1ccc([N+](=O)[O-])c(C(F)(F)F)c1. The molecular formula is C17H10ClF7N2O5. The molecule has 0 unspecified atom stereocenters. The van der Waals surface area contributed by atoms with Crippen LogP contribution in [0.3, 0.4) is 0 Å². The molecule has 0 radical (unpaired) electrons. The average molecular weight is 491 g/mol. The van der Waals surface area contributed by atoms with Crippen LogP contribution < -0.4 is 10.1 Å². The van der Waals surface area contributed by atoms with E-state index in [0.29, 0.717) is 13.0 Å². The van der Waals surface area contributed by atoms with Crippen LogP contribution in [0.4, 0.5) is 42.1 Å². The summed E-state index contributed by atoms with van der Waals surface area (Å²) in [5.74, 6) is -11.3. The summed E-state index contributed by atoms with van der Waals surface area (Å²) >= 11 is 5.05. The number of amides is 1. The summed E-state index contributed by atoms with van der Waals surface area (Å²) in [6, 6.07) is 1.40. The van der Waals surface area contributed by atoms with Crippen molar-refractivity contribution in [1.82, 2.24) is 0 Å².